The molecule has 0 atom stereocenters. The number of hydrogen-bond acceptors (Lipinski definition) is 5. The third kappa shape index (κ3) is 6.31. The van der Waals surface area contributed by atoms with Crippen molar-refractivity contribution in [2.75, 3.05) is 13.2 Å². The van der Waals surface area contributed by atoms with Gasteiger partial charge in [-0.25, -0.2) is 14.8 Å². The smallest absolute Gasteiger partial charge is 0.374 e. The number of aliphatic carboxylic acids is 1. The van der Waals surface area contributed by atoms with E-state index in [4.69, 9.17) is 21.4 Å². The molecule has 2 aromatic carbocycles. The number of ketones is 1. The van der Waals surface area contributed by atoms with Gasteiger partial charge in [0.25, 0.3) is 5.78 Å². The molecule has 1 aliphatic heterocycles. The molecule has 168 valence electrons. The molecule has 0 saturated carbocycles. The van der Waals surface area contributed by atoms with Crippen LogP contribution in [0.3, 0.4) is 0 Å². The maximum Gasteiger partial charge on any atom is 0.374 e. The summed E-state index contributed by atoms with van der Waals surface area (Å²) in [6.07, 6.45) is 1.52. The number of carboxylic acids is 1. The number of hydrogen-bond donors (Lipinski definition) is 1. The monoisotopic (exact) mass is 456 g/mol. The molecular weight excluding hydrogens is 432 g/mol. The van der Waals surface area contributed by atoms with Crippen LogP contribution >= 0.6 is 11.6 Å². The second-order valence-electron chi connectivity index (χ2n) is 7.71. The summed E-state index contributed by atoms with van der Waals surface area (Å²) in [6, 6.07) is 13.0. The summed E-state index contributed by atoms with van der Waals surface area (Å²) in [4.78, 5) is 35.1. The van der Waals surface area contributed by atoms with E-state index in [1.807, 2.05) is 56.0 Å². The number of carboxylic acid groups (broad SMARTS) is 1. The molecule has 9 heteroatoms. The Labute approximate surface area is 191 Å². The number of rotatable bonds is 8. The molecule has 0 spiro atoms. The van der Waals surface area contributed by atoms with Gasteiger partial charge in [-0.15, -0.1) is 0 Å². The van der Waals surface area contributed by atoms with E-state index in [0.29, 0.717) is 23.2 Å². The molecule has 1 aliphatic rings. The molecule has 32 heavy (non-hydrogen) atoms. The molecule has 1 heterocycles. The minimum absolute atomic E-state index is 0.0724. The van der Waals surface area contributed by atoms with Crippen LogP contribution < -0.4 is 4.74 Å². The van der Waals surface area contributed by atoms with E-state index in [-0.39, 0.29) is 19.3 Å². The van der Waals surface area contributed by atoms with Gasteiger partial charge in [0.2, 0.25) is 5.96 Å². The highest BCUT2D eigenvalue weighted by molar-refractivity contribution is 6.33. The van der Waals surface area contributed by atoms with Crippen LogP contribution in [0.15, 0.2) is 52.4 Å². The Bertz CT molecular complexity index is 1050. The lowest BCUT2D eigenvalue weighted by molar-refractivity contribution is -0.149. The van der Waals surface area contributed by atoms with E-state index in [1.54, 1.807) is 12.1 Å². The van der Waals surface area contributed by atoms with Crippen LogP contribution in [-0.4, -0.2) is 58.3 Å². The number of nitrogens with zero attached hydrogens (tertiary/aromatic N) is 4. The highest BCUT2D eigenvalue weighted by Gasteiger charge is 2.23. The molecule has 8 nitrogen and oxygen atoms in total. The number of carbonyl (C=O) groups is 2. The third-order valence-electron chi connectivity index (χ3n) is 4.59. The quantitative estimate of drug-likeness (QED) is 0.606. The maximum atomic E-state index is 11.7. The van der Waals surface area contributed by atoms with Gasteiger partial charge < -0.3 is 19.6 Å². The van der Waals surface area contributed by atoms with E-state index in [1.165, 1.54) is 11.2 Å². The van der Waals surface area contributed by atoms with Crippen molar-refractivity contribution in [1.82, 2.24) is 9.80 Å². The SMILES string of the molecule is Cc1cc(N=C2N=CN(CC(=O)C(=O)O)CN2Cc2ccc(Cl)cc2)ccc1OC(C)C. The lowest BCUT2D eigenvalue weighted by atomic mass is 10.2. The van der Waals surface area contributed by atoms with E-state index >= 15 is 0 Å². The predicted molar refractivity (Wildman–Crippen MR) is 124 cm³/mol. The van der Waals surface area contributed by atoms with Crippen molar-refractivity contribution in [2.45, 2.75) is 33.4 Å². The lowest BCUT2D eigenvalue weighted by Gasteiger charge is -2.33. The summed E-state index contributed by atoms with van der Waals surface area (Å²) < 4.78 is 5.78. The van der Waals surface area contributed by atoms with Gasteiger partial charge in [0, 0.05) is 11.6 Å². The number of aliphatic imine (C=N–C) groups is 2. The maximum absolute atomic E-state index is 11.7. The summed E-state index contributed by atoms with van der Waals surface area (Å²) in [7, 11) is 0. The number of Topliss-reactive ketones (excluding diaryl/α,β-unsaturated/α-hetero) is 1. The first kappa shape index (κ1) is 23.3. The van der Waals surface area contributed by atoms with E-state index in [9.17, 15) is 9.59 Å². The number of halogens is 1. The van der Waals surface area contributed by atoms with Crippen LogP contribution in [0.5, 0.6) is 5.75 Å². The standard InChI is InChI=1S/C23H25ClN4O4/c1-15(2)32-21-9-8-19(10-16(21)3)26-23-25-13-27(12-20(29)22(30)31)14-28(23)11-17-4-6-18(24)7-5-17/h4-10,13,15H,11-12,14H2,1-3H3,(H,30,31). The molecule has 0 aromatic heterocycles. The molecular formula is C23H25ClN4O4. The van der Waals surface area contributed by atoms with Gasteiger partial charge in [-0.1, -0.05) is 23.7 Å². The van der Waals surface area contributed by atoms with Gasteiger partial charge in [0.05, 0.1) is 31.3 Å². The Hall–Kier alpha value is -3.39. The van der Waals surface area contributed by atoms with E-state index in [2.05, 4.69) is 9.98 Å². The zero-order valence-electron chi connectivity index (χ0n) is 18.2. The largest absolute Gasteiger partial charge is 0.491 e. The van der Waals surface area contributed by atoms with Crippen LogP contribution in [0.2, 0.25) is 5.02 Å². The average Bonchev–Trinajstić information content (AvgIpc) is 2.73. The van der Waals surface area contributed by atoms with Crippen LogP contribution in [0.1, 0.15) is 25.0 Å². The molecule has 0 aliphatic carbocycles. The zero-order valence-corrected chi connectivity index (χ0v) is 18.9. The Morgan fingerprint density at radius 3 is 2.56 bits per heavy atom. The first-order valence-electron chi connectivity index (χ1n) is 10.1. The molecule has 0 amide bonds. The zero-order chi connectivity index (χ0) is 23.3. The second kappa shape index (κ2) is 10.3. The fraction of sp³-hybridized carbons (Fsp3) is 0.304. The Morgan fingerprint density at radius 2 is 1.94 bits per heavy atom. The van der Waals surface area contributed by atoms with Crippen molar-refractivity contribution in [3.63, 3.8) is 0 Å². The average molecular weight is 457 g/mol. The molecule has 0 radical (unpaired) electrons. The van der Waals surface area contributed by atoms with Crippen molar-refractivity contribution in [3.05, 3.63) is 58.6 Å². The molecule has 3 rings (SSSR count). The summed E-state index contributed by atoms with van der Waals surface area (Å²) in [5.41, 5.74) is 2.64. The molecule has 2 aromatic rings. The minimum Gasteiger partial charge on any atom is -0.491 e. The molecule has 0 saturated heterocycles. The number of ether oxygens (including phenoxy) is 1. The summed E-state index contributed by atoms with van der Waals surface area (Å²) in [6.45, 7) is 6.34. The third-order valence-corrected chi connectivity index (χ3v) is 4.85. The van der Waals surface area contributed by atoms with Crippen LogP contribution in [0.25, 0.3) is 0 Å². The van der Waals surface area contributed by atoms with Crippen molar-refractivity contribution < 1.29 is 19.4 Å². The number of guanidine groups is 1. The first-order chi connectivity index (χ1) is 15.2. The molecule has 0 unspecified atom stereocenters. The van der Waals surface area contributed by atoms with Crippen LogP contribution in [0.4, 0.5) is 5.69 Å². The van der Waals surface area contributed by atoms with Gasteiger partial charge in [0.1, 0.15) is 5.75 Å². The van der Waals surface area contributed by atoms with Gasteiger partial charge in [-0.05, 0) is 62.2 Å². The van der Waals surface area contributed by atoms with Gasteiger partial charge in [0.15, 0.2) is 0 Å². The lowest BCUT2D eigenvalue weighted by Crippen LogP contribution is -2.46. The Kier molecular flexibility index (Phi) is 7.48. The predicted octanol–water partition coefficient (Wildman–Crippen LogP) is 3.88. The molecule has 0 bridgehead atoms. The Morgan fingerprint density at radius 1 is 1.22 bits per heavy atom. The van der Waals surface area contributed by atoms with E-state index < -0.39 is 11.8 Å². The number of benzene rings is 2. The highest BCUT2D eigenvalue weighted by Crippen LogP contribution is 2.25. The van der Waals surface area contributed by atoms with Gasteiger partial charge >= 0.3 is 5.97 Å². The summed E-state index contributed by atoms with van der Waals surface area (Å²) in [5.74, 6) is -1.12. The highest BCUT2D eigenvalue weighted by atomic mass is 35.5. The van der Waals surface area contributed by atoms with E-state index in [0.717, 1.165) is 16.9 Å². The van der Waals surface area contributed by atoms with Gasteiger partial charge in [-0.3, -0.25) is 4.79 Å². The van der Waals surface area contributed by atoms with Crippen molar-refractivity contribution >= 4 is 41.3 Å². The molecule has 1 N–H and O–H groups in total. The van der Waals surface area contributed by atoms with Crippen molar-refractivity contribution in [1.29, 1.82) is 0 Å². The van der Waals surface area contributed by atoms with Crippen molar-refractivity contribution in [3.8, 4) is 5.75 Å². The number of carbonyl (C=O) groups excluding carboxylic acids is 1. The molecule has 0 fully saturated rings. The van der Waals surface area contributed by atoms with Crippen LogP contribution in [0, 0.1) is 6.92 Å². The minimum atomic E-state index is -1.47. The topological polar surface area (TPSA) is 94.8 Å². The first-order valence-corrected chi connectivity index (χ1v) is 10.5. The van der Waals surface area contributed by atoms with Gasteiger partial charge in [-0.2, -0.15) is 0 Å². The summed E-state index contributed by atoms with van der Waals surface area (Å²) >= 11 is 5.99. The van der Waals surface area contributed by atoms with Crippen molar-refractivity contribution in [2.24, 2.45) is 9.98 Å². The van der Waals surface area contributed by atoms with Crippen LogP contribution in [-0.2, 0) is 16.1 Å². The Balaban J connectivity index is 1.87. The normalized spacial score (nSPS) is 14.8. The fourth-order valence-electron chi connectivity index (χ4n) is 3.11. The fourth-order valence-corrected chi connectivity index (χ4v) is 3.24. The number of aryl methyl sites for hydroxylation is 1. The second-order valence-corrected chi connectivity index (χ2v) is 8.15. The summed E-state index contributed by atoms with van der Waals surface area (Å²) in [5, 5.41) is 9.54.